The molecule has 1 aromatic heterocycles. The Balaban J connectivity index is 1.71. The monoisotopic (exact) mass is 269 g/mol. The fraction of sp³-hybridized carbons (Fsp3) is 0.529. The van der Waals surface area contributed by atoms with E-state index in [-0.39, 0.29) is 0 Å². The lowest BCUT2D eigenvalue weighted by Crippen LogP contribution is -2.06. The Kier molecular flexibility index (Phi) is 3.86. The molecule has 20 heavy (non-hydrogen) atoms. The molecule has 1 aromatic carbocycles. The zero-order valence-electron chi connectivity index (χ0n) is 12.4. The molecule has 3 heteroatoms. The number of nitrogens with zero attached hydrogens (tertiary/aromatic N) is 2. The Morgan fingerprint density at radius 2 is 1.90 bits per heavy atom. The normalized spacial score (nSPS) is 16.5. The second-order valence-corrected chi connectivity index (χ2v) is 6.07. The molecule has 3 nitrogen and oxygen atoms in total. The molecule has 0 radical (unpaired) electrons. The van der Waals surface area contributed by atoms with Crippen LogP contribution < -0.4 is 0 Å². The third kappa shape index (κ3) is 2.92. The van der Waals surface area contributed by atoms with Gasteiger partial charge in [0.05, 0.1) is 0 Å². The molecule has 0 bridgehead atoms. The largest absolute Gasteiger partial charge is 0.263 e. The van der Waals surface area contributed by atoms with Crippen LogP contribution >= 0.6 is 0 Å². The van der Waals surface area contributed by atoms with Gasteiger partial charge in [0.1, 0.15) is 5.82 Å². The molecule has 0 unspecified atom stereocenters. The third-order valence-corrected chi connectivity index (χ3v) is 4.46. The van der Waals surface area contributed by atoms with Gasteiger partial charge in [0, 0.05) is 12.3 Å². The quantitative estimate of drug-likeness (QED) is 0.913. The molecular formula is C17H23N3. The summed E-state index contributed by atoms with van der Waals surface area (Å²) in [6.07, 6.45) is 7.37. The molecule has 3 rings (SSSR count). The van der Waals surface area contributed by atoms with Gasteiger partial charge in [-0.3, -0.25) is 5.10 Å². The van der Waals surface area contributed by atoms with Crippen molar-refractivity contribution in [3.8, 4) is 0 Å². The molecule has 106 valence electrons. The average molecular weight is 269 g/mol. The molecule has 1 aliphatic carbocycles. The highest BCUT2D eigenvalue weighted by atomic mass is 15.2. The summed E-state index contributed by atoms with van der Waals surface area (Å²) in [6.45, 7) is 4.31. The van der Waals surface area contributed by atoms with E-state index in [2.05, 4.69) is 42.2 Å². The smallest absolute Gasteiger partial charge is 0.153 e. The van der Waals surface area contributed by atoms with Crippen molar-refractivity contribution in [2.75, 3.05) is 0 Å². The first-order chi connectivity index (χ1) is 9.72. The van der Waals surface area contributed by atoms with Crippen molar-refractivity contribution in [1.29, 1.82) is 0 Å². The van der Waals surface area contributed by atoms with Gasteiger partial charge in [-0.2, -0.15) is 5.10 Å². The minimum Gasteiger partial charge on any atom is -0.263 e. The van der Waals surface area contributed by atoms with Crippen molar-refractivity contribution in [1.82, 2.24) is 15.2 Å². The van der Waals surface area contributed by atoms with Gasteiger partial charge in [-0.15, -0.1) is 0 Å². The Labute approximate surface area is 120 Å². The number of aromatic nitrogens is 3. The Bertz CT molecular complexity index is 580. The van der Waals surface area contributed by atoms with Gasteiger partial charge in [-0.05, 0) is 43.4 Å². The first-order valence-corrected chi connectivity index (χ1v) is 7.69. The maximum absolute atomic E-state index is 4.71. The van der Waals surface area contributed by atoms with Gasteiger partial charge in [-0.25, -0.2) is 4.98 Å². The van der Waals surface area contributed by atoms with Crippen molar-refractivity contribution < 1.29 is 0 Å². The van der Waals surface area contributed by atoms with Crippen LogP contribution in [0.1, 0.15) is 66.4 Å². The summed E-state index contributed by atoms with van der Waals surface area (Å²) in [6, 6.07) is 6.62. The SMILES string of the molecule is Cc1ccc(Cc2nc(C3CCCCC3)n[nH]2)cc1C. The van der Waals surface area contributed by atoms with E-state index in [1.807, 2.05) is 0 Å². The Morgan fingerprint density at radius 1 is 1.10 bits per heavy atom. The molecule has 1 heterocycles. The second kappa shape index (κ2) is 5.78. The summed E-state index contributed by atoms with van der Waals surface area (Å²) in [5.41, 5.74) is 3.99. The molecule has 2 aromatic rings. The highest BCUT2D eigenvalue weighted by molar-refractivity contribution is 5.31. The molecule has 1 fully saturated rings. The predicted molar refractivity (Wildman–Crippen MR) is 80.9 cm³/mol. The standard InChI is InChI=1S/C17H23N3/c1-12-8-9-14(10-13(12)2)11-16-18-17(20-19-16)15-6-4-3-5-7-15/h8-10,15H,3-7,11H2,1-2H3,(H,18,19,20). The van der Waals surface area contributed by atoms with E-state index in [4.69, 9.17) is 4.98 Å². The zero-order chi connectivity index (χ0) is 13.9. The second-order valence-electron chi connectivity index (χ2n) is 6.07. The maximum Gasteiger partial charge on any atom is 0.153 e. The minimum absolute atomic E-state index is 0.577. The van der Waals surface area contributed by atoms with Gasteiger partial charge >= 0.3 is 0 Å². The molecule has 0 aliphatic heterocycles. The molecule has 0 amide bonds. The van der Waals surface area contributed by atoms with Gasteiger partial charge in [0.2, 0.25) is 0 Å². The highest BCUT2D eigenvalue weighted by Gasteiger charge is 2.19. The summed E-state index contributed by atoms with van der Waals surface area (Å²) < 4.78 is 0. The summed E-state index contributed by atoms with van der Waals surface area (Å²) in [7, 11) is 0. The predicted octanol–water partition coefficient (Wildman–Crippen LogP) is 4.06. The maximum atomic E-state index is 4.71. The van der Waals surface area contributed by atoms with E-state index < -0.39 is 0 Å². The number of hydrogen-bond donors (Lipinski definition) is 1. The lowest BCUT2D eigenvalue weighted by atomic mass is 9.89. The number of aryl methyl sites for hydroxylation is 2. The number of H-pyrrole nitrogens is 1. The molecule has 1 saturated carbocycles. The minimum atomic E-state index is 0.577. The van der Waals surface area contributed by atoms with Crippen molar-refractivity contribution in [2.24, 2.45) is 0 Å². The van der Waals surface area contributed by atoms with E-state index in [9.17, 15) is 0 Å². The van der Waals surface area contributed by atoms with Gasteiger partial charge in [0.25, 0.3) is 0 Å². The first-order valence-electron chi connectivity index (χ1n) is 7.69. The van der Waals surface area contributed by atoms with Crippen LogP contribution in [0.3, 0.4) is 0 Å². The van der Waals surface area contributed by atoms with Crippen LogP contribution in [-0.4, -0.2) is 15.2 Å². The van der Waals surface area contributed by atoms with E-state index in [1.54, 1.807) is 0 Å². The number of hydrogen-bond acceptors (Lipinski definition) is 2. The van der Waals surface area contributed by atoms with Gasteiger partial charge < -0.3 is 0 Å². The fourth-order valence-electron chi connectivity index (χ4n) is 3.04. The third-order valence-electron chi connectivity index (χ3n) is 4.46. The lowest BCUT2D eigenvalue weighted by molar-refractivity contribution is 0.429. The lowest BCUT2D eigenvalue weighted by Gasteiger charge is -2.18. The van der Waals surface area contributed by atoms with Crippen LogP contribution in [0.4, 0.5) is 0 Å². The summed E-state index contributed by atoms with van der Waals surface area (Å²) >= 11 is 0. The number of rotatable bonds is 3. The topological polar surface area (TPSA) is 41.6 Å². The van der Waals surface area contributed by atoms with Crippen LogP contribution in [0.5, 0.6) is 0 Å². The van der Waals surface area contributed by atoms with Crippen LogP contribution in [0.15, 0.2) is 18.2 Å². The zero-order valence-corrected chi connectivity index (χ0v) is 12.4. The number of aromatic amines is 1. The Morgan fingerprint density at radius 3 is 2.65 bits per heavy atom. The summed E-state index contributed by atoms with van der Waals surface area (Å²) in [5.74, 6) is 2.60. The fourth-order valence-corrected chi connectivity index (χ4v) is 3.04. The molecule has 1 N–H and O–H groups in total. The van der Waals surface area contributed by atoms with Crippen LogP contribution in [0.2, 0.25) is 0 Å². The van der Waals surface area contributed by atoms with Crippen LogP contribution in [0.25, 0.3) is 0 Å². The van der Waals surface area contributed by atoms with Gasteiger partial charge in [-0.1, -0.05) is 37.5 Å². The van der Waals surface area contributed by atoms with Gasteiger partial charge in [0.15, 0.2) is 5.82 Å². The van der Waals surface area contributed by atoms with Crippen molar-refractivity contribution in [3.05, 3.63) is 46.5 Å². The molecule has 0 atom stereocenters. The first kappa shape index (κ1) is 13.3. The summed E-state index contributed by atoms with van der Waals surface area (Å²) in [4.78, 5) is 4.71. The Hall–Kier alpha value is -1.64. The average Bonchev–Trinajstić information content (AvgIpc) is 2.92. The van der Waals surface area contributed by atoms with Crippen molar-refractivity contribution in [2.45, 2.75) is 58.3 Å². The van der Waals surface area contributed by atoms with E-state index in [0.29, 0.717) is 5.92 Å². The number of benzene rings is 1. The molecule has 0 spiro atoms. The highest BCUT2D eigenvalue weighted by Crippen LogP contribution is 2.30. The molecular weight excluding hydrogens is 246 g/mol. The van der Waals surface area contributed by atoms with E-state index in [1.165, 1.54) is 48.8 Å². The summed E-state index contributed by atoms with van der Waals surface area (Å²) in [5, 5.41) is 7.56. The molecule has 1 aliphatic rings. The van der Waals surface area contributed by atoms with Crippen molar-refractivity contribution in [3.63, 3.8) is 0 Å². The van der Waals surface area contributed by atoms with E-state index >= 15 is 0 Å². The van der Waals surface area contributed by atoms with Crippen LogP contribution in [0, 0.1) is 13.8 Å². The molecule has 0 saturated heterocycles. The number of nitrogens with one attached hydrogen (secondary N) is 1. The van der Waals surface area contributed by atoms with Crippen molar-refractivity contribution >= 4 is 0 Å². The van der Waals surface area contributed by atoms with E-state index in [0.717, 1.165) is 18.1 Å². The van der Waals surface area contributed by atoms with Crippen LogP contribution in [-0.2, 0) is 6.42 Å².